The van der Waals surface area contributed by atoms with Crippen molar-refractivity contribution in [2.24, 2.45) is 0 Å². The maximum Gasteiger partial charge on any atom is 0.323 e. The van der Waals surface area contributed by atoms with E-state index in [0.29, 0.717) is 17.8 Å². The van der Waals surface area contributed by atoms with E-state index in [1.54, 1.807) is 6.07 Å². The van der Waals surface area contributed by atoms with Crippen LogP contribution < -0.4 is 20.9 Å². The lowest BCUT2D eigenvalue weighted by Crippen LogP contribution is -2.41. The van der Waals surface area contributed by atoms with Crippen LogP contribution in [0.25, 0.3) is 0 Å². The second-order valence-electron chi connectivity index (χ2n) is 9.97. The van der Waals surface area contributed by atoms with Crippen LogP contribution in [0.1, 0.15) is 34.0 Å². The number of para-hydroxylation sites is 1. The molecule has 8 heteroatoms. The largest absolute Gasteiger partial charge is 0.379 e. The summed E-state index contributed by atoms with van der Waals surface area (Å²) < 4.78 is 5.43. The van der Waals surface area contributed by atoms with Crippen molar-refractivity contribution in [3.63, 3.8) is 0 Å². The Morgan fingerprint density at radius 2 is 1.67 bits per heavy atom. The number of ether oxygens (including phenoxy) is 1. The summed E-state index contributed by atoms with van der Waals surface area (Å²) in [5.41, 5.74) is 6.47. The number of carbonyl (C=O) groups excluding carboxylic acids is 2. The molecular formula is C31H37N5O3. The van der Waals surface area contributed by atoms with Gasteiger partial charge >= 0.3 is 6.03 Å². The SMILES string of the molecule is CCc1ccccc1NC(=O)Nc1ccc(N2CCc3ccccc3C2)c(C(=O)NCCN2CCOCC2)c1. The fourth-order valence-electron chi connectivity index (χ4n) is 5.26. The summed E-state index contributed by atoms with van der Waals surface area (Å²) in [6, 6.07) is 21.5. The van der Waals surface area contributed by atoms with Crippen LogP contribution >= 0.6 is 0 Å². The van der Waals surface area contributed by atoms with Crippen LogP contribution in [-0.2, 0) is 24.1 Å². The zero-order valence-corrected chi connectivity index (χ0v) is 22.5. The second kappa shape index (κ2) is 12.8. The molecule has 0 bridgehead atoms. The number of aryl methyl sites for hydroxylation is 1. The Hall–Kier alpha value is -3.88. The Morgan fingerprint density at radius 1 is 0.897 bits per heavy atom. The highest BCUT2D eigenvalue weighted by Gasteiger charge is 2.22. The number of benzene rings is 3. The molecule has 3 N–H and O–H groups in total. The number of hydrogen-bond donors (Lipinski definition) is 3. The normalized spacial score (nSPS) is 15.4. The zero-order chi connectivity index (χ0) is 27.0. The van der Waals surface area contributed by atoms with E-state index in [1.165, 1.54) is 11.1 Å². The average Bonchev–Trinajstić information content (AvgIpc) is 2.97. The predicted molar refractivity (Wildman–Crippen MR) is 156 cm³/mol. The van der Waals surface area contributed by atoms with Crippen molar-refractivity contribution in [3.8, 4) is 0 Å². The van der Waals surface area contributed by atoms with Gasteiger partial charge in [0.15, 0.2) is 0 Å². The van der Waals surface area contributed by atoms with Crippen molar-refractivity contribution < 1.29 is 14.3 Å². The molecule has 1 saturated heterocycles. The van der Waals surface area contributed by atoms with E-state index < -0.39 is 0 Å². The van der Waals surface area contributed by atoms with Crippen LogP contribution in [0, 0.1) is 0 Å². The van der Waals surface area contributed by atoms with Crippen LogP contribution in [0.5, 0.6) is 0 Å². The summed E-state index contributed by atoms with van der Waals surface area (Å²) in [5.74, 6) is -0.141. The first-order valence-electron chi connectivity index (χ1n) is 13.8. The van der Waals surface area contributed by atoms with Gasteiger partial charge < -0.3 is 25.6 Å². The quantitative estimate of drug-likeness (QED) is 0.401. The molecule has 3 aromatic carbocycles. The Balaban J connectivity index is 1.33. The highest BCUT2D eigenvalue weighted by atomic mass is 16.5. The Labute approximate surface area is 230 Å². The van der Waals surface area contributed by atoms with Crippen molar-refractivity contribution in [2.45, 2.75) is 26.3 Å². The molecule has 0 radical (unpaired) electrons. The second-order valence-corrected chi connectivity index (χ2v) is 9.97. The van der Waals surface area contributed by atoms with Crippen molar-refractivity contribution in [1.82, 2.24) is 10.2 Å². The molecule has 0 spiro atoms. The number of nitrogens with one attached hydrogen (secondary N) is 3. The van der Waals surface area contributed by atoms with Gasteiger partial charge in [0.05, 0.1) is 18.8 Å². The number of nitrogens with zero attached hydrogens (tertiary/aromatic N) is 2. The molecule has 1 fully saturated rings. The maximum absolute atomic E-state index is 13.5. The molecule has 0 unspecified atom stereocenters. The minimum Gasteiger partial charge on any atom is -0.379 e. The fraction of sp³-hybridized carbons (Fsp3) is 0.355. The average molecular weight is 528 g/mol. The molecule has 5 rings (SSSR count). The fourth-order valence-corrected chi connectivity index (χ4v) is 5.26. The van der Waals surface area contributed by atoms with Gasteiger partial charge in [-0.2, -0.15) is 0 Å². The van der Waals surface area contributed by atoms with Gasteiger partial charge in [0.1, 0.15) is 0 Å². The van der Waals surface area contributed by atoms with E-state index in [9.17, 15) is 9.59 Å². The topological polar surface area (TPSA) is 85.9 Å². The van der Waals surface area contributed by atoms with Crippen LogP contribution in [-0.4, -0.2) is 62.8 Å². The number of anilines is 3. The van der Waals surface area contributed by atoms with E-state index >= 15 is 0 Å². The summed E-state index contributed by atoms with van der Waals surface area (Å²) in [5, 5.41) is 8.97. The molecule has 39 heavy (non-hydrogen) atoms. The lowest BCUT2D eigenvalue weighted by molar-refractivity contribution is 0.0383. The van der Waals surface area contributed by atoms with Gasteiger partial charge in [0.25, 0.3) is 5.91 Å². The van der Waals surface area contributed by atoms with Crippen molar-refractivity contribution in [3.05, 3.63) is 89.0 Å². The molecule has 0 aliphatic carbocycles. The lowest BCUT2D eigenvalue weighted by atomic mass is 9.98. The zero-order valence-electron chi connectivity index (χ0n) is 22.5. The third-order valence-corrected chi connectivity index (χ3v) is 7.43. The summed E-state index contributed by atoms with van der Waals surface area (Å²) in [4.78, 5) is 30.9. The molecule has 0 atom stereocenters. The van der Waals surface area contributed by atoms with Gasteiger partial charge in [-0.25, -0.2) is 4.79 Å². The molecule has 3 amide bonds. The van der Waals surface area contributed by atoms with Gasteiger partial charge in [-0.05, 0) is 53.8 Å². The number of urea groups is 1. The first-order chi connectivity index (χ1) is 19.1. The molecule has 0 saturated carbocycles. The van der Waals surface area contributed by atoms with E-state index in [4.69, 9.17) is 4.74 Å². The smallest absolute Gasteiger partial charge is 0.323 e. The van der Waals surface area contributed by atoms with E-state index in [0.717, 1.165) is 75.7 Å². The van der Waals surface area contributed by atoms with Gasteiger partial charge in [-0.3, -0.25) is 9.69 Å². The number of carbonyl (C=O) groups is 2. The predicted octanol–water partition coefficient (Wildman–Crippen LogP) is 4.52. The summed E-state index contributed by atoms with van der Waals surface area (Å²) >= 11 is 0. The number of rotatable bonds is 8. The van der Waals surface area contributed by atoms with Gasteiger partial charge in [0.2, 0.25) is 0 Å². The van der Waals surface area contributed by atoms with Gasteiger partial charge in [-0.15, -0.1) is 0 Å². The molecule has 2 aliphatic heterocycles. The number of hydrogen-bond acceptors (Lipinski definition) is 5. The Morgan fingerprint density at radius 3 is 2.49 bits per heavy atom. The van der Waals surface area contributed by atoms with Crippen molar-refractivity contribution in [1.29, 1.82) is 0 Å². The Bertz CT molecular complexity index is 1300. The molecule has 2 aliphatic rings. The summed E-state index contributed by atoms with van der Waals surface area (Å²) in [7, 11) is 0. The first kappa shape index (κ1) is 26.7. The standard InChI is InChI=1S/C31H37N5O3/c1-2-23-7-5-6-10-28(23)34-31(38)33-26-11-12-29(36-15-13-24-8-3-4-9-25(24)22-36)27(21-26)30(37)32-14-16-35-17-19-39-20-18-35/h3-12,21H,2,13-20,22H2,1H3,(H,32,37)(H2,33,34,38). The number of amides is 3. The van der Waals surface area contributed by atoms with E-state index in [-0.39, 0.29) is 11.9 Å². The van der Waals surface area contributed by atoms with E-state index in [2.05, 4.69) is 56.9 Å². The van der Waals surface area contributed by atoms with Crippen LogP contribution in [0.4, 0.5) is 21.9 Å². The monoisotopic (exact) mass is 527 g/mol. The van der Waals surface area contributed by atoms with E-state index in [1.807, 2.05) is 36.4 Å². The third-order valence-electron chi connectivity index (χ3n) is 7.43. The van der Waals surface area contributed by atoms with Crippen LogP contribution in [0.2, 0.25) is 0 Å². The molecule has 0 aromatic heterocycles. The van der Waals surface area contributed by atoms with Gasteiger partial charge in [0, 0.05) is 56.3 Å². The molecule has 3 aromatic rings. The minimum absolute atomic E-state index is 0.141. The van der Waals surface area contributed by atoms with Gasteiger partial charge in [-0.1, -0.05) is 49.4 Å². The minimum atomic E-state index is -0.339. The van der Waals surface area contributed by atoms with Crippen molar-refractivity contribution in [2.75, 3.05) is 61.5 Å². The molecule has 8 nitrogen and oxygen atoms in total. The van der Waals surface area contributed by atoms with Crippen LogP contribution in [0.3, 0.4) is 0 Å². The van der Waals surface area contributed by atoms with Crippen molar-refractivity contribution >= 4 is 29.0 Å². The number of fused-ring (bicyclic) bond motifs is 1. The molecule has 204 valence electrons. The Kier molecular flexibility index (Phi) is 8.75. The maximum atomic E-state index is 13.5. The summed E-state index contributed by atoms with van der Waals surface area (Å²) in [6.45, 7) is 8.16. The third kappa shape index (κ3) is 6.77. The number of morpholine rings is 1. The highest BCUT2D eigenvalue weighted by molar-refractivity contribution is 6.04. The lowest BCUT2D eigenvalue weighted by Gasteiger charge is -2.32. The van der Waals surface area contributed by atoms with Crippen LogP contribution in [0.15, 0.2) is 66.7 Å². The highest BCUT2D eigenvalue weighted by Crippen LogP contribution is 2.30. The molecule has 2 heterocycles. The first-order valence-corrected chi connectivity index (χ1v) is 13.8. The summed E-state index contributed by atoms with van der Waals surface area (Å²) in [6.07, 6.45) is 1.74. The molecular weight excluding hydrogens is 490 g/mol.